The van der Waals surface area contributed by atoms with E-state index in [-0.39, 0.29) is 17.7 Å². The number of amides is 3. The molecule has 2 aromatic carbocycles. The van der Waals surface area contributed by atoms with Gasteiger partial charge in [0.2, 0.25) is 5.91 Å². The topological polar surface area (TPSA) is 95.7 Å². The number of carbonyl (C=O) groups excluding carboxylic acids is 2. The lowest BCUT2D eigenvalue weighted by atomic mass is 9.93. The second kappa shape index (κ2) is 7.70. The summed E-state index contributed by atoms with van der Waals surface area (Å²) in [5.41, 5.74) is 4.88. The highest BCUT2D eigenvalue weighted by atomic mass is 19.4. The zero-order chi connectivity index (χ0) is 21.3. The molecule has 1 aliphatic rings. The van der Waals surface area contributed by atoms with Crippen molar-refractivity contribution in [2.75, 3.05) is 4.90 Å². The van der Waals surface area contributed by atoms with Gasteiger partial charge in [-0.3, -0.25) is 4.79 Å². The largest absolute Gasteiger partial charge is 0.416 e. The van der Waals surface area contributed by atoms with Gasteiger partial charge in [-0.25, -0.2) is 9.18 Å². The van der Waals surface area contributed by atoms with E-state index in [1.165, 1.54) is 0 Å². The van der Waals surface area contributed by atoms with Crippen LogP contribution >= 0.6 is 0 Å². The number of para-hydroxylation sites is 1. The monoisotopic (exact) mass is 411 g/mol. The van der Waals surface area contributed by atoms with E-state index in [0.717, 1.165) is 4.90 Å². The smallest absolute Gasteiger partial charge is 0.392 e. The molecule has 1 heterocycles. The van der Waals surface area contributed by atoms with Gasteiger partial charge in [0.25, 0.3) is 0 Å². The lowest BCUT2D eigenvalue weighted by Gasteiger charge is -2.35. The average molecular weight is 411 g/mol. The van der Waals surface area contributed by atoms with Gasteiger partial charge in [-0.05, 0) is 23.8 Å². The first kappa shape index (κ1) is 20.6. The number of nitrogens with two attached hydrogens (primary N) is 1. The number of alkyl halides is 3. The number of benzene rings is 2. The third-order valence-electron chi connectivity index (χ3n) is 4.65. The molecular formula is C19H17F4N3O3. The molecule has 10 heteroatoms. The summed E-state index contributed by atoms with van der Waals surface area (Å²) in [4.78, 5) is 25.2. The van der Waals surface area contributed by atoms with Crippen molar-refractivity contribution in [3.63, 3.8) is 0 Å². The highest BCUT2D eigenvalue weighted by Crippen LogP contribution is 2.35. The van der Waals surface area contributed by atoms with Gasteiger partial charge >= 0.3 is 12.2 Å². The van der Waals surface area contributed by atoms with Crippen LogP contribution in [0.3, 0.4) is 0 Å². The van der Waals surface area contributed by atoms with Gasteiger partial charge in [0.1, 0.15) is 11.9 Å². The Balaban J connectivity index is 2.08. The summed E-state index contributed by atoms with van der Waals surface area (Å²) in [6, 6.07) is 4.74. The summed E-state index contributed by atoms with van der Waals surface area (Å²) in [6.45, 7) is -0.957. The molecule has 1 atom stereocenters. The van der Waals surface area contributed by atoms with Gasteiger partial charge < -0.3 is 21.1 Å². The number of hydrogen-bond acceptors (Lipinski definition) is 3. The predicted octanol–water partition coefficient (Wildman–Crippen LogP) is 2.46. The molecule has 1 aliphatic heterocycles. The molecule has 6 nitrogen and oxygen atoms in total. The second-order valence-electron chi connectivity index (χ2n) is 6.58. The van der Waals surface area contributed by atoms with E-state index in [4.69, 9.17) is 5.73 Å². The van der Waals surface area contributed by atoms with Crippen molar-refractivity contribution in [2.45, 2.75) is 31.8 Å². The number of carbonyl (C=O) groups is 2. The standard InChI is InChI=1S/C19H17F4N3O3/c20-14-5-4-13(19(21,22)23)6-12(14)8-26-16-10(2-1-3-11(16)9-27)7-15(17(26)28)25-18(24)29/h1-6,15,27H,7-9H2,(H3,24,25,29)/t15-/m1/s1. The minimum atomic E-state index is -4.68. The Kier molecular flexibility index (Phi) is 5.47. The molecule has 3 amide bonds. The fourth-order valence-corrected chi connectivity index (χ4v) is 3.37. The van der Waals surface area contributed by atoms with Crippen LogP contribution in [0.15, 0.2) is 36.4 Å². The molecule has 154 valence electrons. The van der Waals surface area contributed by atoms with E-state index < -0.39 is 48.7 Å². The maximum absolute atomic E-state index is 14.3. The van der Waals surface area contributed by atoms with Gasteiger partial charge in [0.15, 0.2) is 0 Å². The number of anilines is 1. The van der Waals surface area contributed by atoms with Gasteiger partial charge in [0, 0.05) is 17.5 Å². The molecule has 0 saturated heterocycles. The van der Waals surface area contributed by atoms with E-state index >= 15 is 0 Å². The fraction of sp³-hybridized carbons (Fsp3) is 0.263. The summed E-state index contributed by atoms with van der Waals surface area (Å²) in [5, 5.41) is 11.9. The van der Waals surface area contributed by atoms with E-state index in [1.807, 2.05) is 0 Å². The van der Waals surface area contributed by atoms with Gasteiger partial charge in [-0.1, -0.05) is 18.2 Å². The third kappa shape index (κ3) is 4.16. The summed E-state index contributed by atoms with van der Waals surface area (Å²) in [6.07, 6.45) is -4.61. The Bertz CT molecular complexity index is 962. The SMILES string of the molecule is NC(=O)N[C@@H]1Cc2cccc(CO)c2N(Cc2cc(C(F)(F)F)ccc2F)C1=O. The van der Waals surface area contributed by atoms with Crippen LogP contribution in [-0.4, -0.2) is 23.1 Å². The lowest BCUT2D eigenvalue weighted by Crippen LogP contribution is -2.54. The highest BCUT2D eigenvalue weighted by molar-refractivity contribution is 6.02. The fourth-order valence-electron chi connectivity index (χ4n) is 3.37. The molecule has 0 spiro atoms. The van der Waals surface area contributed by atoms with Crippen molar-refractivity contribution < 1.29 is 32.3 Å². The Labute approximate surface area is 162 Å². The Morgan fingerprint density at radius 3 is 2.59 bits per heavy atom. The van der Waals surface area contributed by atoms with Crippen molar-refractivity contribution in [3.8, 4) is 0 Å². The summed E-state index contributed by atoms with van der Waals surface area (Å²) in [7, 11) is 0. The second-order valence-corrected chi connectivity index (χ2v) is 6.58. The predicted molar refractivity (Wildman–Crippen MR) is 95.2 cm³/mol. The first-order chi connectivity index (χ1) is 13.6. The van der Waals surface area contributed by atoms with Crippen LogP contribution < -0.4 is 16.0 Å². The number of aliphatic hydroxyl groups is 1. The number of rotatable bonds is 4. The third-order valence-corrected chi connectivity index (χ3v) is 4.65. The molecular weight excluding hydrogens is 394 g/mol. The summed E-state index contributed by atoms with van der Waals surface area (Å²) in [5.74, 6) is -1.59. The molecule has 0 saturated carbocycles. The molecule has 0 unspecified atom stereocenters. The maximum atomic E-state index is 14.3. The number of urea groups is 1. The number of aliphatic hydroxyl groups excluding tert-OH is 1. The molecule has 2 aromatic rings. The molecule has 0 aromatic heterocycles. The average Bonchev–Trinajstić information content (AvgIpc) is 2.64. The number of nitrogens with one attached hydrogen (secondary N) is 1. The van der Waals surface area contributed by atoms with Crippen molar-refractivity contribution in [1.29, 1.82) is 0 Å². The molecule has 0 fully saturated rings. The minimum Gasteiger partial charge on any atom is -0.392 e. The number of nitrogens with zero attached hydrogens (tertiary/aromatic N) is 1. The molecule has 4 N–H and O–H groups in total. The lowest BCUT2D eigenvalue weighted by molar-refractivity contribution is -0.137. The quantitative estimate of drug-likeness (QED) is 0.675. The maximum Gasteiger partial charge on any atom is 0.416 e. The summed E-state index contributed by atoms with van der Waals surface area (Å²) >= 11 is 0. The molecule has 3 rings (SSSR count). The Morgan fingerprint density at radius 1 is 1.24 bits per heavy atom. The minimum absolute atomic E-state index is 0.0759. The first-order valence-electron chi connectivity index (χ1n) is 8.56. The van der Waals surface area contributed by atoms with Crippen LogP contribution in [0, 0.1) is 5.82 Å². The first-order valence-corrected chi connectivity index (χ1v) is 8.56. The zero-order valence-electron chi connectivity index (χ0n) is 15.0. The van der Waals surface area contributed by atoms with Crippen LogP contribution in [0.2, 0.25) is 0 Å². The van der Waals surface area contributed by atoms with Crippen LogP contribution in [0.5, 0.6) is 0 Å². The molecule has 0 bridgehead atoms. The van der Waals surface area contributed by atoms with Crippen LogP contribution in [0.4, 0.5) is 28.0 Å². The van der Waals surface area contributed by atoms with Crippen molar-refractivity contribution in [3.05, 3.63) is 64.5 Å². The van der Waals surface area contributed by atoms with Crippen LogP contribution in [-0.2, 0) is 30.5 Å². The Morgan fingerprint density at radius 2 is 1.97 bits per heavy atom. The summed E-state index contributed by atoms with van der Waals surface area (Å²) < 4.78 is 53.3. The highest BCUT2D eigenvalue weighted by Gasteiger charge is 2.36. The number of fused-ring (bicyclic) bond motifs is 1. The van der Waals surface area contributed by atoms with E-state index in [0.29, 0.717) is 29.3 Å². The van der Waals surface area contributed by atoms with Gasteiger partial charge in [-0.2, -0.15) is 13.2 Å². The van der Waals surface area contributed by atoms with Crippen molar-refractivity contribution >= 4 is 17.6 Å². The number of hydrogen-bond donors (Lipinski definition) is 3. The molecule has 0 aliphatic carbocycles. The van der Waals surface area contributed by atoms with E-state index in [2.05, 4.69) is 5.32 Å². The number of primary amides is 1. The van der Waals surface area contributed by atoms with Gasteiger partial charge in [0.05, 0.1) is 24.4 Å². The molecule has 0 radical (unpaired) electrons. The van der Waals surface area contributed by atoms with Crippen LogP contribution in [0.25, 0.3) is 0 Å². The van der Waals surface area contributed by atoms with Crippen LogP contribution in [0.1, 0.15) is 22.3 Å². The Hall–Kier alpha value is -3.14. The van der Waals surface area contributed by atoms with E-state index in [1.54, 1.807) is 18.2 Å². The zero-order valence-corrected chi connectivity index (χ0v) is 15.0. The van der Waals surface area contributed by atoms with E-state index in [9.17, 15) is 32.3 Å². The molecule has 29 heavy (non-hydrogen) atoms. The van der Waals surface area contributed by atoms with Crippen molar-refractivity contribution in [1.82, 2.24) is 5.32 Å². The normalized spacial score (nSPS) is 16.5. The van der Waals surface area contributed by atoms with Crippen molar-refractivity contribution in [2.24, 2.45) is 5.73 Å². The number of halogens is 4. The van der Waals surface area contributed by atoms with Gasteiger partial charge in [-0.15, -0.1) is 0 Å².